The quantitative estimate of drug-likeness (QED) is 0.376. The zero-order valence-electron chi connectivity index (χ0n) is 15.4. The lowest BCUT2D eigenvalue weighted by molar-refractivity contribution is -0.116. The number of allylic oxidation sites excluding steroid dienone is 2. The minimum atomic E-state index is -0.0370. The van der Waals surface area contributed by atoms with Crippen molar-refractivity contribution in [3.8, 4) is 0 Å². The summed E-state index contributed by atoms with van der Waals surface area (Å²) in [6.07, 6.45) is 0.887. The summed E-state index contributed by atoms with van der Waals surface area (Å²) < 4.78 is 0. The SMILES string of the molecule is CC(=NCCNCCNCCO)C1=C(O)CC(c2ccccc2)CC1=O. The van der Waals surface area contributed by atoms with Gasteiger partial charge in [0.15, 0.2) is 5.78 Å². The Bertz CT molecular complexity index is 641. The van der Waals surface area contributed by atoms with Gasteiger partial charge in [-0.3, -0.25) is 9.79 Å². The van der Waals surface area contributed by atoms with E-state index in [2.05, 4.69) is 15.6 Å². The van der Waals surface area contributed by atoms with Gasteiger partial charge in [0.2, 0.25) is 0 Å². The van der Waals surface area contributed by atoms with E-state index in [1.807, 2.05) is 30.3 Å². The van der Waals surface area contributed by atoms with Gasteiger partial charge in [-0.1, -0.05) is 30.3 Å². The van der Waals surface area contributed by atoms with Crippen molar-refractivity contribution >= 4 is 11.5 Å². The molecule has 1 atom stereocenters. The molecule has 0 spiro atoms. The monoisotopic (exact) mass is 359 g/mol. The van der Waals surface area contributed by atoms with E-state index >= 15 is 0 Å². The average Bonchev–Trinajstić information content (AvgIpc) is 2.64. The van der Waals surface area contributed by atoms with Crippen LogP contribution in [-0.4, -0.2) is 61.0 Å². The number of carbonyl (C=O) groups excluding carboxylic acids is 1. The van der Waals surface area contributed by atoms with E-state index in [1.54, 1.807) is 6.92 Å². The van der Waals surface area contributed by atoms with Crippen molar-refractivity contribution in [2.75, 3.05) is 39.3 Å². The number of hydrogen-bond donors (Lipinski definition) is 4. The van der Waals surface area contributed by atoms with Crippen LogP contribution in [-0.2, 0) is 4.79 Å². The van der Waals surface area contributed by atoms with Crippen LogP contribution < -0.4 is 10.6 Å². The normalized spacial score (nSPS) is 18.5. The van der Waals surface area contributed by atoms with E-state index in [-0.39, 0.29) is 24.1 Å². The molecule has 4 N–H and O–H groups in total. The van der Waals surface area contributed by atoms with E-state index in [0.29, 0.717) is 43.8 Å². The van der Waals surface area contributed by atoms with Crippen LogP contribution in [0.2, 0.25) is 0 Å². The maximum absolute atomic E-state index is 12.5. The van der Waals surface area contributed by atoms with Crippen LogP contribution in [0.15, 0.2) is 46.7 Å². The molecular weight excluding hydrogens is 330 g/mol. The molecule has 0 heterocycles. The van der Waals surface area contributed by atoms with Crippen molar-refractivity contribution < 1.29 is 15.0 Å². The Morgan fingerprint density at radius 2 is 1.81 bits per heavy atom. The smallest absolute Gasteiger partial charge is 0.168 e. The highest BCUT2D eigenvalue weighted by molar-refractivity contribution is 6.22. The van der Waals surface area contributed by atoms with Crippen LogP contribution in [0.4, 0.5) is 0 Å². The average molecular weight is 359 g/mol. The van der Waals surface area contributed by atoms with Crippen LogP contribution >= 0.6 is 0 Å². The molecule has 0 saturated carbocycles. The number of carbonyl (C=O) groups is 1. The largest absolute Gasteiger partial charge is 0.511 e. The van der Waals surface area contributed by atoms with E-state index in [9.17, 15) is 9.90 Å². The van der Waals surface area contributed by atoms with Crippen LogP contribution in [0.25, 0.3) is 0 Å². The number of aliphatic imine (C=N–C) groups is 1. The second-order valence-corrected chi connectivity index (χ2v) is 6.45. The molecule has 6 nitrogen and oxygen atoms in total. The van der Waals surface area contributed by atoms with Gasteiger partial charge in [0.25, 0.3) is 0 Å². The van der Waals surface area contributed by atoms with E-state index in [0.717, 1.165) is 18.7 Å². The lowest BCUT2D eigenvalue weighted by atomic mass is 9.81. The number of rotatable bonds is 10. The summed E-state index contributed by atoms with van der Waals surface area (Å²) in [6, 6.07) is 9.85. The molecule has 0 aromatic heterocycles. The minimum Gasteiger partial charge on any atom is -0.511 e. The molecule has 1 aliphatic rings. The summed E-state index contributed by atoms with van der Waals surface area (Å²) >= 11 is 0. The molecule has 6 heteroatoms. The van der Waals surface area contributed by atoms with Gasteiger partial charge < -0.3 is 20.8 Å². The molecule has 1 aromatic carbocycles. The fourth-order valence-corrected chi connectivity index (χ4v) is 3.15. The number of hydrogen-bond acceptors (Lipinski definition) is 6. The van der Waals surface area contributed by atoms with E-state index < -0.39 is 0 Å². The van der Waals surface area contributed by atoms with Gasteiger partial charge in [-0.05, 0) is 18.4 Å². The van der Waals surface area contributed by atoms with Crippen molar-refractivity contribution in [2.24, 2.45) is 4.99 Å². The molecule has 0 saturated heterocycles. The van der Waals surface area contributed by atoms with Crippen LogP contribution in [0, 0.1) is 0 Å². The summed E-state index contributed by atoms with van der Waals surface area (Å²) in [5, 5.41) is 25.4. The highest BCUT2D eigenvalue weighted by Gasteiger charge is 2.29. The third-order valence-electron chi connectivity index (χ3n) is 4.48. The summed E-state index contributed by atoms with van der Waals surface area (Å²) in [4.78, 5) is 17.0. The number of nitrogens with zero attached hydrogens (tertiary/aromatic N) is 1. The maximum atomic E-state index is 12.5. The van der Waals surface area contributed by atoms with Gasteiger partial charge in [-0.2, -0.15) is 0 Å². The first-order valence-corrected chi connectivity index (χ1v) is 9.17. The fourth-order valence-electron chi connectivity index (χ4n) is 3.15. The fraction of sp³-hybridized carbons (Fsp3) is 0.500. The zero-order valence-corrected chi connectivity index (χ0v) is 15.4. The number of aliphatic hydroxyl groups is 2. The van der Waals surface area contributed by atoms with Crippen LogP contribution in [0.1, 0.15) is 31.2 Å². The second kappa shape index (κ2) is 10.9. The van der Waals surface area contributed by atoms with Crippen LogP contribution in [0.5, 0.6) is 0 Å². The van der Waals surface area contributed by atoms with Crippen molar-refractivity contribution in [2.45, 2.75) is 25.7 Å². The number of aliphatic hydroxyl groups excluding tert-OH is 2. The molecule has 1 unspecified atom stereocenters. The first kappa shape index (κ1) is 20.3. The summed E-state index contributed by atoms with van der Waals surface area (Å²) in [7, 11) is 0. The summed E-state index contributed by atoms with van der Waals surface area (Å²) in [5.74, 6) is 0.149. The van der Waals surface area contributed by atoms with E-state index in [1.165, 1.54) is 0 Å². The number of Topliss-reactive ketones (excluding diaryl/α,β-unsaturated/α-hetero) is 1. The lowest BCUT2D eigenvalue weighted by Crippen LogP contribution is -2.30. The van der Waals surface area contributed by atoms with Crippen molar-refractivity contribution in [1.82, 2.24) is 10.6 Å². The Kier molecular flexibility index (Phi) is 8.47. The Hall–Kier alpha value is -2.02. The molecular formula is C20H29N3O3. The third kappa shape index (κ3) is 6.05. The van der Waals surface area contributed by atoms with E-state index in [4.69, 9.17) is 5.11 Å². The van der Waals surface area contributed by atoms with Gasteiger partial charge in [-0.15, -0.1) is 0 Å². The predicted octanol–water partition coefficient (Wildman–Crippen LogP) is 1.58. The third-order valence-corrected chi connectivity index (χ3v) is 4.48. The molecule has 0 amide bonds. The molecule has 0 bridgehead atoms. The Labute approximate surface area is 155 Å². The number of ketones is 1. The highest BCUT2D eigenvalue weighted by Crippen LogP contribution is 2.33. The zero-order chi connectivity index (χ0) is 18.8. The van der Waals surface area contributed by atoms with Gasteiger partial charge >= 0.3 is 0 Å². The first-order chi connectivity index (χ1) is 12.6. The maximum Gasteiger partial charge on any atom is 0.168 e. The van der Waals surface area contributed by atoms with Crippen LogP contribution in [0.3, 0.4) is 0 Å². The Morgan fingerprint density at radius 3 is 2.46 bits per heavy atom. The van der Waals surface area contributed by atoms with Crippen molar-refractivity contribution in [3.05, 3.63) is 47.2 Å². The predicted molar refractivity (Wildman–Crippen MR) is 104 cm³/mol. The molecule has 0 aliphatic heterocycles. The lowest BCUT2D eigenvalue weighted by Gasteiger charge is -2.23. The summed E-state index contributed by atoms with van der Waals surface area (Å²) in [6.45, 7) is 5.36. The highest BCUT2D eigenvalue weighted by atomic mass is 16.3. The molecule has 26 heavy (non-hydrogen) atoms. The first-order valence-electron chi connectivity index (χ1n) is 9.17. The molecule has 2 rings (SSSR count). The molecule has 0 radical (unpaired) electrons. The molecule has 0 fully saturated rings. The van der Waals surface area contributed by atoms with Gasteiger partial charge in [-0.25, -0.2) is 0 Å². The standard InChI is InChI=1S/C20H29N3O3/c1-15(23-10-9-21-7-8-22-11-12-24)20-18(25)13-17(14-19(20)26)16-5-3-2-4-6-16/h2-6,17,21-22,24-25H,7-14H2,1H3. The minimum absolute atomic E-state index is 0.0355. The van der Waals surface area contributed by atoms with Gasteiger partial charge in [0, 0.05) is 44.7 Å². The van der Waals surface area contributed by atoms with Crippen molar-refractivity contribution in [1.29, 1.82) is 0 Å². The summed E-state index contributed by atoms with van der Waals surface area (Å²) in [5.41, 5.74) is 2.08. The van der Waals surface area contributed by atoms with Gasteiger partial charge in [0.05, 0.1) is 18.7 Å². The van der Waals surface area contributed by atoms with Crippen molar-refractivity contribution in [3.63, 3.8) is 0 Å². The number of benzene rings is 1. The molecule has 1 aliphatic carbocycles. The topological polar surface area (TPSA) is 94.0 Å². The second-order valence-electron chi connectivity index (χ2n) is 6.45. The Balaban J connectivity index is 1.85. The molecule has 142 valence electrons. The molecule has 1 aromatic rings. The Morgan fingerprint density at radius 1 is 1.12 bits per heavy atom. The van der Waals surface area contributed by atoms with Gasteiger partial charge in [0.1, 0.15) is 5.76 Å². The number of nitrogens with one attached hydrogen (secondary N) is 2.